The summed E-state index contributed by atoms with van der Waals surface area (Å²) in [6.45, 7) is 5.77. The van der Waals surface area contributed by atoms with E-state index in [1.165, 1.54) is 6.42 Å². The molecule has 1 amide bonds. The maximum Gasteiger partial charge on any atom is 0.225 e. The van der Waals surface area contributed by atoms with Crippen LogP contribution in [0.2, 0.25) is 0 Å². The molecular formula is C14H23N3O2. The number of nitrogens with zero attached hydrogens (tertiary/aromatic N) is 3. The second-order valence-electron chi connectivity index (χ2n) is 5.41. The van der Waals surface area contributed by atoms with E-state index in [-0.39, 0.29) is 18.1 Å². The van der Waals surface area contributed by atoms with Crippen LogP contribution in [0.25, 0.3) is 0 Å². The van der Waals surface area contributed by atoms with Gasteiger partial charge in [-0.05, 0) is 26.2 Å². The Hall–Kier alpha value is -1.12. The van der Waals surface area contributed by atoms with Gasteiger partial charge in [-0.3, -0.25) is 9.69 Å². The van der Waals surface area contributed by atoms with Gasteiger partial charge >= 0.3 is 0 Å². The van der Waals surface area contributed by atoms with Crippen molar-refractivity contribution >= 4 is 5.91 Å². The minimum absolute atomic E-state index is 0.0565. The predicted molar refractivity (Wildman–Crippen MR) is 71.4 cm³/mol. The van der Waals surface area contributed by atoms with Crippen molar-refractivity contribution in [1.82, 2.24) is 9.80 Å². The fraction of sp³-hybridized carbons (Fsp3) is 0.857. The van der Waals surface area contributed by atoms with E-state index in [1.807, 2.05) is 11.8 Å². The van der Waals surface area contributed by atoms with Gasteiger partial charge in [-0.15, -0.1) is 0 Å². The number of piperazine rings is 1. The summed E-state index contributed by atoms with van der Waals surface area (Å²) >= 11 is 0. The summed E-state index contributed by atoms with van der Waals surface area (Å²) in [5.74, 6) is 0.205. The Labute approximate surface area is 115 Å². The van der Waals surface area contributed by atoms with E-state index in [9.17, 15) is 4.79 Å². The monoisotopic (exact) mass is 265 g/mol. The van der Waals surface area contributed by atoms with E-state index in [0.717, 1.165) is 45.6 Å². The Bertz CT molecular complexity index is 339. The molecule has 0 bridgehead atoms. The van der Waals surface area contributed by atoms with Gasteiger partial charge < -0.3 is 9.64 Å². The van der Waals surface area contributed by atoms with Crippen LogP contribution in [0.5, 0.6) is 0 Å². The first-order valence-corrected chi connectivity index (χ1v) is 7.23. The first-order chi connectivity index (χ1) is 9.20. The second-order valence-corrected chi connectivity index (χ2v) is 5.41. The number of ether oxygens (including phenoxy) is 1. The van der Waals surface area contributed by atoms with Crippen LogP contribution in [-0.2, 0) is 9.53 Å². The highest BCUT2D eigenvalue weighted by Gasteiger charge is 2.26. The number of nitriles is 1. The van der Waals surface area contributed by atoms with Crippen LogP contribution in [-0.4, -0.2) is 60.6 Å². The van der Waals surface area contributed by atoms with Gasteiger partial charge in [-0.2, -0.15) is 5.26 Å². The molecule has 0 N–H and O–H groups in total. The summed E-state index contributed by atoms with van der Waals surface area (Å²) in [6, 6.07) is 2.19. The van der Waals surface area contributed by atoms with Gasteiger partial charge in [0.1, 0.15) is 0 Å². The molecule has 0 radical (unpaired) electrons. The molecule has 0 aromatic carbocycles. The van der Waals surface area contributed by atoms with Crippen LogP contribution < -0.4 is 0 Å². The molecule has 0 spiro atoms. The lowest BCUT2D eigenvalue weighted by Gasteiger charge is -2.36. The molecule has 2 rings (SSSR count). The lowest BCUT2D eigenvalue weighted by atomic mass is 10.1. The molecular weight excluding hydrogens is 242 g/mol. The fourth-order valence-electron chi connectivity index (χ4n) is 2.73. The molecule has 2 atom stereocenters. The van der Waals surface area contributed by atoms with Crippen LogP contribution in [0.4, 0.5) is 0 Å². The van der Waals surface area contributed by atoms with E-state index in [0.29, 0.717) is 6.42 Å². The molecule has 0 aromatic rings. The Morgan fingerprint density at radius 1 is 1.37 bits per heavy atom. The summed E-state index contributed by atoms with van der Waals surface area (Å²) in [5, 5.41) is 8.89. The minimum Gasteiger partial charge on any atom is -0.378 e. The number of carbonyl (C=O) groups is 1. The largest absolute Gasteiger partial charge is 0.378 e. The third-order valence-electron chi connectivity index (χ3n) is 4.08. The maximum absolute atomic E-state index is 12.2. The van der Waals surface area contributed by atoms with Gasteiger partial charge in [0.15, 0.2) is 0 Å². The van der Waals surface area contributed by atoms with Crippen molar-refractivity contribution in [3.05, 3.63) is 0 Å². The number of rotatable bonds is 3. The third kappa shape index (κ3) is 3.92. The van der Waals surface area contributed by atoms with Gasteiger partial charge in [-0.25, -0.2) is 0 Å². The van der Waals surface area contributed by atoms with Crippen molar-refractivity contribution in [1.29, 1.82) is 5.26 Å². The van der Waals surface area contributed by atoms with Crippen molar-refractivity contribution in [2.24, 2.45) is 0 Å². The average molecular weight is 265 g/mol. The maximum atomic E-state index is 12.2. The zero-order valence-corrected chi connectivity index (χ0v) is 11.7. The van der Waals surface area contributed by atoms with Crippen LogP contribution in [0.3, 0.4) is 0 Å². The highest BCUT2D eigenvalue weighted by Crippen LogP contribution is 2.17. The molecule has 0 saturated carbocycles. The number of amides is 1. The smallest absolute Gasteiger partial charge is 0.225 e. The van der Waals surface area contributed by atoms with Crippen LogP contribution in [0.1, 0.15) is 32.6 Å². The van der Waals surface area contributed by atoms with Crippen molar-refractivity contribution in [2.75, 3.05) is 32.8 Å². The van der Waals surface area contributed by atoms with E-state index in [2.05, 4.69) is 11.0 Å². The molecule has 2 aliphatic heterocycles. The SMILES string of the molecule is CC(C#N)N1CCN(C(=O)CC2CCCCO2)CC1. The summed E-state index contributed by atoms with van der Waals surface area (Å²) in [6.07, 6.45) is 3.95. The van der Waals surface area contributed by atoms with Gasteiger partial charge in [-0.1, -0.05) is 0 Å². The first-order valence-electron chi connectivity index (χ1n) is 7.23. The molecule has 2 aliphatic rings. The highest BCUT2D eigenvalue weighted by molar-refractivity contribution is 5.76. The summed E-state index contributed by atoms with van der Waals surface area (Å²) in [4.78, 5) is 16.2. The number of carbonyl (C=O) groups excluding carboxylic acids is 1. The third-order valence-corrected chi connectivity index (χ3v) is 4.08. The van der Waals surface area contributed by atoms with Gasteiger partial charge in [0.05, 0.1) is 24.6 Å². The Kier molecular flexibility index (Phi) is 5.17. The first kappa shape index (κ1) is 14.3. The topological polar surface area (TPSA) is 56.6 Å². The normalized spacial score (nSPS) is 26.7. The molecule has 2 heterocycles. The second kappa shape index (κ2) is 6.88. The molecule has 106 valence electrons. The minimum atomic E-state index is -0.0565. The zero-order chi connectivity index (χ0) is 13.7. The van der Waals surface area contributed by atoms with E-state index in [4.69, 9.17) is 10.00 Å². The van der Waals surface area contributed by atoms with Crippen molar-refractivity contribution in [2.45, 2.75) is 44.8 Å². The summed E-state index contributed by atoms with van der Waals surface area (Å²) < 4.78 is 5.62. The molecule has 2 unspecified atom stereocenters. The van der Waals surface area contributed by atoms with Crippen molar-refractivity contribution in [3.8, 4) is 6.07 Å². The molecule has 5 nitrogen and oxygen atoms in total. The zero-order valence-electron chi connectivity index (χ0n) is 11.7. The average Bonchev–Trinajstić information content (AvgIpc) is 2.47. The van der Waals surface area contributed by atoms with E-state index in [1.54, 1.807) is 0 Å². The summed E-state index contributed by atoms with van der Waals surface area (Å²) in [5.41, 5.74) is 0. The van der Waals surface area contributed by atoms with Crippen LogP contribution >= 0.6 is 0 Å². The van der Waals surface area contributed by atoms with Crippen molar-refractivity contribution in [3.63, 3.8) is 0 Å². The van der Waals surface area contributed by atoms with E-state index >= 15 is 0 Å². The van der Waals surface area contributed by atoms with E-state index < -0.39 is 0 Å². The molecule has 0 aliphatic carbocycles. The highest BCUT2D eigenvalue weighted by atomic mass is 16.5. The van der Waals surface area contributed by atoms with Gasteiger partial charge in [0.25, 0.3) is 0 Å². The number of hydrogen-bond acceptors (Lipinski definition) is 4. The lowest BCUT2D eigenvalue weighted by Crippen LogP contribution is -2.51. The lowest BCUT2D eigenvalue weighted by molar-refractivity contribution is -0.137. The van der Waals surface area contributed by atoms with Crippen LogP contribution in [0.15, 0.2) is 0 Å². The summed E-state index contributed by atoms with van der Waals surface area (Å²) in [7, 11) is 0. The molecule has 5 heteroatoms. The molecule has 2 saturated heterocycles. The van der Waals surface area contributed by atoms with Crippen LogP contribution in [0, 0.1) is 11.3 Å². The Morgan fingerprint density at radius 3 is 2.68 bits per heavy atom. The molecule has 0 aromatic heterocycles. The number of hydrogen-bond donors (Lipinski definition) is 0. The Balaban J connectivity index is 1.74. The predicted octanol–water partition coefficient (Wildman–Crippen LogP) is 1.00. The quantitative estimate of drug-likeness (QED) is 0.764. The molecule has 2 fully saturated rings. The van der Waals surface area contributed by atoms with Gasteiger partial charge in [0.2, 0.25) is 5.91 Å². The van der Waals surface area contributed by atoms with Crippen molar-refractivity contribution < 1.29 is 9.53 Å². The Morgan fingerprint density at radius 2 is 2.11 bits per heavy atom. The molecule has 19 heavy (non-hydrogen) atoms. The fourth-order valence-corrected chi connectivity index (χ4v) is 2.73. The standard InChI is InChI=1S/C14H23N3O2/c1-12(11-15)16-5-7-17(8-6-16)14(18)10-13-4-2-3-9-19-13/h12-13H,2-10H2,1H3. The van der Waals surface area contributed by atoms with Gasteiger partial charge in [0, 0.05) is 32.8 Å².